The van der Waals surface area contributed by atoms with Crippen LogP contribution in [-0.2, 0) is 33.3 Å². The number of ether oxygens (including phenoxy) is 4. The van der Waals surface area contributed by atoms with Gasteiger partial charge in [-0.3, -0.25) is 0 Å². The number of carbonyl (C=O) groups is 3. The average molecular weight is 240 g/mol. The second-order valence-electron chi connectivity index (χ2n) is 2.60. The third-order valence-corrected chi connectivity index (χ3v) is 1.47. The van der Waals surface area contributed by atoms with Gasteiger partial charge in [0.2, 0.25) is 5.76 Å². The quantitative estimate of drug-likeness (QED) is 0.292. The van der Waals surface area contributed by atoms with E-state index < -0.39 is 23.7 Å². The Morgan fingerprint density at radius 1 is 1.41 bits per heavy atom. The Morgan fingerprint density at radius 3 is 2.53 bits per heavy atom. The first kappa shape index (κ1) is 12.5. The maximum atomic E-state index is 11.1. The van der Waals surface area contributed by atoms with E-state index in [1.165, 1.54) is 0 Å². The monoisotopic (exact) mass is 240 g/mol. The summed E-state index contributed by atoms with van der Waals surface area (Å²) in [6.07, 6.45) is 2.65. The summed E-state index contributed by atoms with van der Waals surface area (Å²) in [6.45, 7) is 3.14. The van der Waals surface area contributed by atoms with E-state index in [4.69, 9.17) is 0 Å². The van der Waals surface area contributed by atoms with Crippen LogP contribution in [0.2, 0.25) is 0 Å². The molecule has 90 valence electrons. The van der Waals surface area contributed by atoms with E-state index in [2.05, 4.69) is 25.5 Å². The van der Waals surface area contributed by atoms with Gasteiger partial charge in [-0.15, -0.1) is 0 Å². The van der Waals surface area contributed by atoms with Crippen LogP contribution in [-0.4, -0.2) is 25.0 Å². The number of rotatable bonds is 5. The third kappa shape index (κ3) is 3.82. The summed E-state index contributed by atoms with van der Waals surface area (Å²) < 4.78 is 17.7. The summed E-state index contributed by atoms with van der Waals surface area (Å²) >= 11 is 0. The van der Waals surface area contributed by atoms with Crippen molar-refractivity contribution in [3.63, 3.8) is 0 Å². The van der Waals surface area contributed by atoms with Crippen LogP contribution in [0.25, 0.3) is 0 Å². The van der Waals surface area contributed by atoms with E-state index in [0.717, 1.165) is 19.4 Å². The van der Waals surface area contributed by atoms with Gasteiger partial charge in [0.1, 0.15) is 12.5 Å². The minimum atomic E-state index is -0.973. The lowest BCUT2D eigenvalue weighted by molar-refractivity contribution is -0.148. The molecule has 0 amide bonds. The highest BCUT2D eigenvalue weighted by atomic mass is 16.6. The van der Waals surface area contributed by atoms with Crippen molar-refractivity contribution in [3.05, 3.63) is 36.7 Å². The molecule has 7 nitrogen and oxygen atoms in total. The fourth-order valence-electron chi connectivity index (χ4n) is 0.655. The highest BCUT2D eigenvalue weighted by molar-refractivity contribution is 5.93. The predicted octanol–water partition coefficient (Wildman–Crippen LogP) is 0.145. The van der Waals surface area contributed by atoms with Gasteiger partial charge >= 0.3 is 17.9 Å². The van der Waals surface area contributed by atoms with Crippen LogP contribution in [0.3, 0.4) is 0 Å². The lowest BCUT2D eigenvalue weighted by Gasteiger charge is -2.03. The molecule has 1 heterocycles. The van der Waals surface area contributed by atoms with E-state index >= 15 is 0 Å². The highest BCUT2D eigenvalue weighted by Crippen LogP contribution is 2.15. The van der Waals surface area contributed by atoms with E-state index in [1.807, 2.05) is 0 Å². The Bertz CT molecular complexity index is 430. The molecule has 17 heavy (non-hydrogen) atoms. The number of hydrogen-bond acceptors (Lipinski definition) is 7. The summed E-state index contributed by atoms with van der Waals surface area (Å²) in [5.41, 5.74) is 0. The van der Waals surface area contributed by atoms with Gasteiger partial charge < -0.3 is 18.9 Å². The average Bonchev–Trinajstić information content (AvgIpc) is 3.16. The lowest BCUT2D eigenvalue weighted by atomic mass is 10.5. The predicted molar refractivity (Wildman–Crippen MR) is 51.6 cm³/mol. The first-order valence-electron chi connectivity index (χ1n) is 4.29. The molecule has 0 spiro atoms. The van der Waals surface area contributed by atoms with Gasteiger partial charge in [0.15, 0.2) is 0 Å². The molecule has 0 aliphatic carbocycles. The highest BCUT2D eigenvalue weighted by Gasteiger charge is 2.23. The van der Waals surface area contributed by atoms with Crippen LogP contribution in [0, 0.1) is 0 Å². The van der Waals surface area contributed by atoms with E-state index in [0.29, 0.717) is 6.26 Å². The molecule has 0 aromatic rings. The zero-order chi connectivity index (χ0) is 12.8. The van der Waals surface area contributed by atoms with Crippen molar-refractivity contribution in [1.82, 2.24) is 0 Å². The van der Waals surface area contributed by atoms with Crippen molar-refractivity contribution in [3.8, 4) is 0 Å². The van der Waals surface area contributed by atoms with Crippen molar-refractivity contribution in [2.75, 3.05) is 7.11 Å². The van der Waals surface area contributed by atoms with Gasteiger partial charge in [0.25, 0.3) is 5.76 Å². The molecule has 0 radical (unpaired) electrons. The van der Waals surface area contributed by atoms with Crippen LogP contribution in [0.15, 0.2) is 36.7 Å². The van der Waals surface area contributed by atoms with Gasteiger partial charge in [0.05, 0.1) is 7.11 Å². The molecule has 1 aliphatic heterocycles. The third-order valence-electron chi connectivity index (χ3n) is 1.47. The van der Waals surface area contributed by atoms with Crippen LogP contribution in [0.4, 0.5) is 0 Å². The zero-order valence-electron chi connectivity index (χ0n) is 8.80. The van der Waals surface area contributed by atoms with Gasteiger partial charge in [-0.1, -0.05) is 6.58 Å². The standard InChI is InChI=1S/C10H8O7/c1-3-8(11)17-7(9(12)14-2)5-16-10(13)6-4-15-6/h3-5H,1H2,2H3/b7-5-. The Labute approximate surface area is 95.9 Å². The molecule has 0 bridgehead atoms. The fraction of sp³-hybridized carbons (Fsp3) is 0.100. The number of carbonyl (C=O) groups excluding carboxylic acids is 3. The van der Waals surface area contributed by atoms with Gasteiger partial charge in [0, 0.05) is 6.08 Å². The van der Waals surface area contributed by atoms with E-state index in [9.17, 15) is 14.4 Å². The Hall–Kier alpha value is -2.57. The maximum absolute atomic E-state index is 11.1. The molecule has 0 unspecified atom stereocenters. The van der Waals surface area contributed by atoms with Crippen LogP contribution in [0.5, 0.6) is 0 Å². The summed E-state index contributed by atoms with van der Waals surface area (Å²) in [4.78, 5) is 33.0. The smallest absolute Gasteiger partial charge is 0.382 e. The molecule has 0 N–H and O–H groups in total. The van der Waals surface area contributed by atoms with Crippen LogP contribution in [0.1, 0.15) is 0 Å². The summed E-state index contributed by atoms with van der Waals surface area (Å²) in [5, 5.41) is 0. The van der Waals surface area contributed by atoms with Crippen LogP contribution >= 0.6 is 0 Å². The number of hydrogen-bond donors (Lipinski definition) is 0. The lowest BCUT2D eigenvalue weighted by Crippen LogP contribution is -2.13. The Balaban J connectivity index is 2.66. The summed E-state index contributed by atoms with van der Waals surface area (Å²) in [5.74, 6) is -3.26. The molecule has 0 saturated heterocycles. The zero-order valence-corrected chi connectivity index (χ0v) is 8.80. The van der Waals surface area contributed by atoms with Crippen molar-refractivity contribution >= 4 is 17.9 Å². The topological polar surface area (TPSA) is 91.4 Å². The van der Waals surface area contributed by atoms with Crippen LogP contribution < -0.4 is 0 Å². The number of esters is 3. The molecular formula is C10H8O7. The molecular weight excluding hydrogens is 232 g/mol. The molecule has 1 rings (SSSR count). The van der Waals surface area contributed by atoms with Crippen molar-refractivity contribution < 1.29 is 33.3 Å². The maximum Gasteiger partial charge on any atom is 0.382 e. The van der Waals surface area contributed by atoms with Crippen molar-refractivity contribution in [2.24, 2.45) is 0 Å². The number of methoxy groups -OCH3 is 1. The van der Waals surface area contributed by atoms with Gasteiger partial charge in [-0.25, -0.2) is 14.4 Å². The molecule has 0 fully saturated rings. The van der Waals surface area contributed by atoms with E-state index in [1.54, 1.807) is 0 Å². The van der Waals surface area contributed by atoms with Crippen molar-refractivity contribution in [1.29, 1.82) is 0 Å². The molecule has 0 atom stereocenters. The van der Waals surface area contributed by atoms with E-state index in [-0.39, 0.29) is 5.76 Å². The van der Waals surface area contributed by atoms with Crippen molar-refractivity contribution in [2.45, 2.75) is 0 Å². The SMILES string of the molecule is C=CC(=O)O/C(=C\OC(=O)C1=CO1)C(=O)OC. The van der Waals surface area contributed by atoms with Gasteiger partial charge in [-0.05, 0) is 0 Å². The Kier molecular flexibility index (Phi) is 4.04. The van der Waals surface area contributed by atoms with Gasteiger partial charge in [-0.2, -0.15) is 0 Å². The second-order valence-corrected chi connectivity index (χ2v) is 2.60. The minimum absolute atomic E-state index is 0.000475. The summed E-state index contributed by atoms with van der Waals surface area (Å²) in [7, 11) is 1.08. The summed E-state index contributed by atoms with van der Waals surface area (Å²) in [6, 6.07) is 0. The molecule has 0 saturated carbocycles. The second kappa shape index (κ2) is 5.50. The largest absolute Gasteiger partial charge is 0.463 e. The normalized spacial score (nSPS) is 12.8. The first-order valence-corrected chi connectivity index (χ1v) is 4.29. The minimum Gasteiger partial charge on any atom is -0.463 e. The fourth-order valence-corrected chi connectivity index (χ4v) is 0.655. The molecule has 7 heteroatoms. The Morgan fingerprint density at radius 2 is 2.06 bits per heavy atom. The first-order chi connectivity index (χ1) is 8.08. The molecule has 1 aliphatic rings. The molecule has 0 aromatic carbocycles. The molecule has 0 aromatic heterocycles.